The smallest absolute Gasteiger partial charge is 0.269 e. The molecule has 0 aromatic heterocycles. The molecular weight excluding hydrogens is 352 g/mol. The number of nitro benzene ring substituents is 1. The molecule has 0 atom stereocenters. The molecule has 1 fully saturated rings. The number of rotatable bonds is 5. The van der Waals surface area contributed by atoms with Gasteiger partial charge in [-0.25, -0.2) is 0 Å². The molecule has 0 unspecified atom stereocenters. The number of ether oxygens (including phenoxy) is 2. The van der Waals surface area contributed by atoms with E-state index in [0.29, 0.717) is 24.3 Å². The van der Waals surface area contributed by atoms with E-state index < -0.39 is 17.1 Å². The Morgan fingerprint density at radius 2 is 1.89 bits per heavy atom. The molecule has 8 heteroatoms. The van der Waals surface area contributed by atoms with E-state index in [0.717, 1.165) is 6.42 Å². The van der Waals surface area contributed by atoms with Gasteiger partial charge in [-0.05, 0) is 42.3 Å². The summed E-state index contributed by atoms with van der Waals surface area (Å²) in [5, 5.41) is 23.2. The van der Waals surface area contributed by atoms with Crippen LogP contribution in [0.25, 0.3) is 6.08 Å². The van der Waals surface area contributed by atoms with Crippen LogP contribution in [0.1, 0.15) is 23.8 Å². The Balaban J connectivity index is 1.67. The van der Waals surface area contributed by atoms with Gasteiger partial charge in [-0.3, -0.25) is 14.9 Å². The van der Waals surface area contributed by atoms with Gasteiger partial charge in [0, 0.05) is 23.8 Å². The second kappa shape index (κ2) is 8.43. The van der Waals surface area contributed by atoms with Gasteiger partial charge >= 0.3 is 0 Å². The summed E-state index contributed by atoms with van der Waals surface area (Å²) in [6, 6.07) is 10.5. The molecule has 8 nitrogen and oxygen atoms in total. The third kappa shape index (κ3) is 4.90. The first-order chi connectivity index (χ1) is 13.0. The van der Waals surface area contributed by atoms with E-state index >= 15 is 0 Å². The van der Waals surface area contributed by atoms with Crippen LogP contribution in [0.2, 0.25) is 0 Å². The highest BCUT2D eigenvalue weighted by Gasteiger charge is 2.18. The number of nitrogens with zero attached hydrogens (tertiary/aromatic N) is 1. The van der Waals surface area contributed by atoms with Gasteiger partial charge in [-0.15, -0.1) is 0 Å². The number of amides is 1. The first-order valence-corrected chi connectivity index (χ1v) is 8.32. The van der Waals surface area contributed by atoms with Gasteiger partial charge < -0.3 is 19.9 Å². The van der Waals surface area contributed by atoms with Gasteiger partial charge in [0.15, 0.2) is 6.29 Å². The highest BCUT2D eigenvalue weighted by atomic mass is 16.7. The minimum atomic E-state index is -0.523. The third-order valence-corrected chi connectivity index (χ3v) is 3.91. The summed E-state index contributed by atoms with van der Waals surface area (Å²) >= 11 is 0. The zero-order valence-corrected chi connectivity index (χ0v) is 14.3. The van der Waals surface area contributed by atoms with Crippen molar-refractivity contribution in [1.82, 2.24) is 0 Å². The van der Waals surface area contributed by atoms with Crippen LogP contribution >= 0.6 is 0 Å². The van der Waals surface area contributed by atoms with Crippen LogP contribution in [0.3, 0.4) is 0 Å². The van der Waals surface area contributed by atoms with Crippen LogP contribution in [0, 0.1) is 10.1 Å². The molecular formula is C19H18N2O6. The number of anilines is 1. The predicted molar refractivity (Wildman–Crippen MR) is 98.1 cm³/mol. The number of hydrogen-bond acceptors (Lipinski definition) is 6. The lowest BCUT2D eigenvalue weighted by molar-refractivity contribution is -0.384. The molecule has 0 spiro atoms. The number of phenolic OH excluding ortho intramolecular Hbond substituents is 1. The number of nitro groups is 1. The van der Waals surface area contributed by atoms with E-state index in [1.807, 2.05) is 0 Å². The fourth-order valence-electron chi connectivity index (χ4n) is 2.53. The molecule has 0 saturated carbocycles. The maximum atomic E-state index is 12.1. The maximum absolute atomic E-state index is 12.1. The van der Waals surface area contributed by atoms with Gasteiger partial charge in [0.1, 0.15) is 5.75 Å². The number of phenols is 1. The Kier molecular flexibility index (Phi) is 5.80. The predicted octanol–water partition coefficient (Wildman–Crippen LogP) is 3.39. The quantitative estimate of drug-likeness (QED) is 0.361. The van der Waals surface area contributed by atoms with E-state index in [-0.39, 0.29) is 17.1 Å². The summed E-state index contributed by atoms with van der Waals surface area (Å²) in [6.45, 7) is 1.18. The van der Waals surface area contributed by atoms with E-state index in [1.165, 1.54) is 42.5 Å². The van der Waals surface area contributed by atoms with Crippen molar-refractivity contribution in [1.29, 1.82) is 0 Å². The van der Waals surface area contributed by atoms with Crippen LogP contribution < -0.4 is 5.32 Å². The second-order valence-electron chi connectivity index (χ2n) is 5.87. The molecule has 1 aliphatic heterocycles. The zero-order chi connectivity index (χ0) is 19.2. The highest BCUT2D eigenvalue weighted by Crippen LogP contribution is 2.30. The number of carbonyl (C=O) groups excluding carboxylic acids is 1. The van der Waals surface area contributed by atoms with Gasteiger partial charge in [0.2, 0.25) is 5.91 Å². The molecule has 2 aromatic rings. The first-order valence-electron chi connectivity index (χ1n) is 8.32. The molecule has 140 valence electrons. The number of hydrogen-bond donors (Lipinski definition) is 2. The summed E-state index contributed by atoms with van der Waals surface area (Å²) in [7, 11) is 0. The van der Waals surface area contributed by atoms with Crippen LogP contribution in [0.4, 0.5) is 11.4 Å². The molecule has 2 aromatic carbocycles. The van der Waals surface area contributed by atoms with E-state index in [4.69, 9.17) is 9.47 Å². The summed E-state index contributed by atoms with van der Waals surface area (Å²) in [4.78, 5) is 22.3. The number of carbonyl (C=O) groups is 1. The number of nitrogens with one attached hydrogen (secondary N) is 1. The monoisotopic (exact) mass is 370 g/mol. The second-order valence-corrected chi connectivity index (χ2v) is 5.87. The van der Waals surface area contributed by atoms with Crippen molar-refractivity contribution in [3.63, 3.8) is 0 Å². The Bertz CT molecular complexity index is 857. The molecule has 1 amide bonds. The normalized spacial score (nSPS) is 15.0. The lowest BCUT2D eigenvalue weighted by atomic mass is 10.1. The van der Waals surface area contributed by atoms with Crippen molar-refractivity contribution >= 4 is 23.4 Å². The topological polar surface area (TPSA) is 111 Å². The zero-order valence-electron chi connectivity index (χ0n) is 14.3. The van der Waals surface area contributed by atoms with E-state index in [9.17, 15) is 20.0 Å². The molecule has 0 aliphatic carbocycles. The fraction of sp³-hybridized carbons (Fsp3) is 0.211. The third-order valence-electron chi connectivity index (χ3n) is 3.91. The molecule has 0 bridgehead atoms. The van der Waals surface area contributed by atoms with Gasteiger partial charge in [-0.2, -0.15) is 0 Å². The average molecular weight is 370 g/mol. The number of aromatic hydroxyl groups is 1. The van der Waals surface area contributed by atoms with Crippen LogP contribution in [-0.2, 0) is 14.3 Å². The van der Waals surface area contributed by atoms with Crippen molar-refractivity contribution in [2.75, 3.05) is 18.5 Å². The summed E-state index contributed by atoms with van der Waals surface area (Å²) < 4.78 is 11.0. The van der Waals surface area contributed by atoms with E-state index in [2.05, 4.69) is 5.32 Å². The highest BCUT2D eigenvalue weighted by molar-refractivity contribution is 6.02. The number of non-ortho nitro benzene ring substituents is 1. The Morgan fingerprint density at radius 3 is 2.56 bits per heavy atom. The molecule has 1 aliphatic rings. The first kappa shape index (κ1) is 18.6. The molecule has 3 rings (SSSR count). The SMILES string of the molecule is O=C(/C=C/c1ccc([N+](=O)[O-])cc1)Nc1cc(C2OCCCO2)ccc1O. The van der Waals surface area contributed by atoms with Crippen molar-refractivity contribution in [3.05, 3.63) is 69.8 Å². The standard InChI is InChI=1S/C19H18N2O6/c22-17-8-5-14(19-26-10-1-11-27-19)12-16(17)20-18(23)9-4-13-2-6-15(7-3-13)21(24)25/h2-9,12,19,22H,1,10-11H2,(H,20,23)/b9-4+. The molecule has 2 N–H and O–H groups in total. The largest absolute Gasteiger partial charge is 0.506 e. The molecule has 0 radical (unpaired) electrons. The molecule has 27 heavy (non-hydrogen) atoms. The van der Waals surface area contributed by atoms with Gasteiger partial charge in [0.25, 0.3) is 5.69 Å². The molecule has 1 saturated heterocycles. The van der Waals surface area contributed by atoms with Crippen molar-refractivity contribution in [2.45, 2.75) is 12.7 Å². The van der Waals surface area contributed by atoms with Gasteiger partial charge in [0.05, 0.1) is 23.8 Å². The lowest BCUT2D eigenvalue weighted by Crippen LogP contribution is -2.18. The summed E-state index contributed by atoms with van der Waals surface area (Å²) in [6.07, 6.45) is 3.10. The van der Waals surface area contributed by atoms with Crippen LogP contribution in [0.15, 0.2) is 48.5 Å². The summed E-state index contributed by atoms with van der Waals surface area (Å²) in [5.74, 6) is -0.530. The maximum Gasteiger partial charge on any atom is 0.269 e. The Morgan fingerprint density at radius 1 is 1.19 bits per heavy atom. The average Bonchev–Trinajstić information content (AvgIpc) is 2.69. The van der Waals surface area contributed by atoms with Crippen LogP contribution in [0.5, 0.6) is 5.75 Å². The van der Waals surface area contributed by atoms with Crippen LogP contribution in [-0.4, -0.2) is 29.2 Å². The van der Waals surface area contributed by atoms with Crippen molar-refractivity contribution in [3.8, 4) is 5.75 Å². The Labute approximate surface area is 155 Å². The minimum absolute atomic E-state index is 0.0227. The lowest BCUT2D eigenvalue weighted by Gasteiger charge is -2.24. The molecule has 1 heterocycles. The number of benzene rings is 2. The van der Waals surface area contributed by atoms with E-state index in [1.54, 1.807) is 12.1 Å². The minimum Gasteiger partial charge on any atom is -0.506 e. The van der Waals surface area contributed by atoms with Crippen molar-refractivity contribution < 1.29 is 24.3 Å². The fourth-order valence-corrected chi connectivity index (χ4v) is 2.53. The van der Waals surface area contributed by atoms with Gasteiger partial charge in [-0.1, -0.05) is 6.07 Å². The summed E-state index contributed by atoms with van der Waals surface area (Å²) in [5.41, 5.74) is 1.55. The Hall–Kier alpha value is -3.23. The van der Waals surface area contributed by atoms with Crippen molar-refractivity contribution in [2.24, 2.45) is 0 Å².